The zero-order valence-corrected chi connectivity index (χ0v) is 13.8. The third-order valence-electron chi connectivity index (χ3n) is 5.60. The first-order valence-corrected chi connectivity index (χ1v) is 8.62. The number of nitrogens with zero attached hydrogens (tertiary/aromatic N) is 2. The van der Waals surface area contributed by atoms with E-state index >= 15 is 0 Å². The summed E-state index contributed by atoms with van der Waals surface area (Å²) in [5, 5.41) is 2.59. The number of carbonyl (C=O) groups is 1. The van der Waals surface area contributed by atoms with Crippen LogP contribution in [0.2, 0.25) is 0 Å². The van der Waals surface area contributed by atoms with Crippen molar-refractivity contribution in [2.45, 2.75) is 25.8 Å². The van der Waals surface area contributed by atoms with Crippen molar-refractivity contribution in [2.75, 3.05) is 26.7 Å². The lowest BCUT2D eigenvalue weighted by atomic mass is 9.78. The maximum atomic E-state index is 12.6. The number of rotatable bonds is 2. The molecule has 4 rings (SSSR count). The molecule has 2 aromatic carbocycles. The second-order valence-electron chi connectivity index (χ2n) is 7.25. The summed E-state index contributed by atoms with van der Waals surface area (Å²) in [6.07, 6.45) is 3.22. The maximum absolute atomic E-state index is 12.6. The summed E-state index contributed by atoms with van der Waals surface area (Å²) in [6, 6.07) is 15.2. The van der Waals surface area contributed by atoms with Crippen LogP contribution in [-0.2, 0) is 11.3 Å². The Morgan fingerprint density at radius 2 is 1.87 bits per heavy atom. The highest BCUT2D eigenvalue weighted by atomic mass is 16.2. The first-order valence-electron chi connectivity index (χ1n) is 8.62. The first-order chi connectivity index (χ1) is 11.2. The van der Waals surface area contributed by atoms with Gasteiger partial charge in [-0.15, -0.1) is 0 Å². The number of hydrogen-bond donors (Lipinski definition) is 0. The second kappa shape index (κ2) is 5.64. The van der Waals surface area contributed by atoms with Crippen molar-refractivity contribution in [1.29, 1.82) is 0 Å². The van der Waals surface area contributed by atoms with Crippen LogP contribution in [0.1, 0.15) is 24.8 Å². The number of benzene rings is 2. The molecular formula is C20H24N2O. The number of fused-ring (bicyclic) bond motifs is 1. The predicted molar refractivity (Wildman–Crippen MR) is 93.1 cm³/mol. The van der Waals surface area contributed by atoms with Gasteiger partial charge in [0.1, 0.15) is 0 Å². The van der Waals surface area contributed by atoms with Gasteiger partial charge in [-0.3, -0.25) is 9.69 Å². The molecule has 1 atom stereocenters. The van der Waals surface area contributed by atoms with Crippen molar-refractivity contribution in [2.24, 2.45) is 5.41 Å². The number of amides is 1. The third-order valence-corrected chi connectivity index (χ3v) is 5.60. The predicted octanol–water partition coefficient (Wildman–Crippen LogP) is 3.28. The Balaban J connectivity index is 1.50. The van der Waals surface area contributed by atoms with Crippen molar-refractivity contribution < 1.29 is 4.79 Å². The standard InChI is InChI=1S/C20H24N2O/c1-21-11-4-9-20(19(21)23)10-12-22(15-20)14-16-7-8-17-5-2-3-6-18(17)13-16/h2-3,5-8,13H,4,9-12,14-15H2,1H3. The maximum Gasteiger partial charge on any atom is 0.229 e. The fourth-order valence-corrected chi connectivity index (χ4v) is 4.34. The van der Waals surface area contributed by atoms with Gasteiger partial charge >= 0.3 is 0 Å². The van der Waals surface area contributed by atoms with Crippen molar-refractivity contribution in [3.05, 3.63) is 48.0 Å². The average Bonchev–Trinajstić information content (AvgIpc) is 2.96. The van der Waals surface area contributed by atoms with Crippen LogP contribution in [0.5, 0.6) is 0 Å². The molecule has 0 aliphatic carbocycles. The second-order valence-corrected chi connectivity index (χ2v) is 7.25. The van der Waals surface area contributed by atoms with Gasteiger partial charge in [-0.1, -0.05) is 36.4 Å². The molecule has 0 radical (unpaired) electrons. The van der Waals surface area contributed by atoms with Crippen molar-refractivity contribution in [3.8, 4) is 0 Å². The molecule has 2 fully saturated rings. The van der Waals surface area contributed by atoms with Crippen LogP contribution in [-0.4, -0.2) is 42.4 Å². The molecule has 2 aliphatic rings. The molecule has 2 aliphatic heterocycles. The van der Waals surface area contributed by atoms with Gasteiger partial charge in [0, 0.05) is 26.7 Å². The van der Waals surface area contributed by atoms with E-state index in [0.717, 1.165) is 45.4 Å². The van der Waals surface area contributed by atoms with E-state index in [4.69, 9.17) is 0 Å². The molecule has 2 saturated heterocycles. The Kier molecular flexibility index (Phi) is 3.61. The summed E-state index contributed by atoms with van der Waals surface area (Å²) < 4.78 is 0. The molecule has 1 unspecified atom stereocenters. The molecule has 0 saturated carbocycles. The molecule has 1 spiro atoms. The summed E-state index contributed by atoms with van der Waals surface area (Å²) in [4.78, 5) is 17.0. The van der Waals surface area contributed by atoms with Crippen LogP contribution in [0.15, 0.2) is 42.5 Å². The SMILES string of the molecule is CN1CCCC2(CCN(Cc3ccc4ccccc4c3)C2)C1=O. The van der Waals surface area contributed by atoms with Crippen LogP contribution in [0.4, 0.5) is 0 Å². The Labute approximate surface area is 137 Å². The lowest BCUT2D eigenvalue weighted by Gasteiger charge is -2.37. The number of hydrogen-bond acceptors (Lipinski definition) is 2. The fourth-order valence-electron chi connectivity index (χ4n) is 4.34. The van der Waals surface area contributed by atoms with E-state index in [-0.39, 0.29) is 5.41 Å². The highest BCUT2D eigenvalue weighted by Gasteiger charge is 2.47. The number of likely N-dealkylation sites (tertiary alicyclic amines) is 2. The van der Waals surface area contributed by atoms with Gasteiger partial charge in [0.15, 0.2) is 0 Å². The topological polar surface area (TPSA) is 23.6 Å². The minimum Gasteiger partial charge on any atom is -0.345 e. The fraction of sp³-hybridized carbons (Fsp3) is 0.450. The summed E-state index contributed by atoms with van der Waals surface area (Å²) in [5.74, 6) is 0.366. The molecule has 0 bridgehead atoms. The van der Waals surface area contributed by atoms with Crippen LogP contribution in [0.3, 0.4) is 0 Å². The molecule has 120 valence electrons. The van der Waals surface area contributed by atoms with Gasteiger partial charge < -0.3 is 4.90 Å². The minimum atomic E-state index is -0.107. The van der Waals surface area contributed by atoms with Gasteiger partial charge in [0.25, 0.3) is 0 Å². The molecule has 3 heteroatoms. The largest absolute Gasteiger partial charge is 0.345 e. The van der Waals surface area contributed by atoms with Gasteiger partial charge in [-0.2, -0.15) is 0 Å². The van der Waals surface area contributed by atoms with E-state index in [1.54, 1.807) is 0 Å². The van der Waals surface area contributed by atoms with Crippen molar-refractivity contribution in [3.63, 3.8) is 0 Å². The van der Waals surface area contributed by atoms with Gasteiger partial charge in [0.05, 0.1) is 5.41 Å². The highest BCUT2D eigenvalue weighted by Crippen LogP contribution is 2.40. The average molecular weight is 308 g/mol. The van der Waals surface area contributed by atoms with Gasteiger partial charge in [-0.25, -0.2) is 0 Å². The number of carbonyl (C=O) groups excluding carboxylic acids is 1. The van der Waals surface area contributed by atoms with Gasteiger partial charge in [0.2, 0.25) is 5.91 Å². The van der Waals surface area contributed by atoms with E-state index in [2.05, 4.69) is 47.4 Å². The summed E-state index contributed by atoms with van der Waals surface area (Å²) in [5.41, 5.74) is 1.24. The molecule has 2 aromatic rings. The summed E-state index contributed by atoms with van der Waals surface area (Å²) in [7, 11) is 1.95. The minimum absolute atomic E-state index is 0.107. The quantitative estimate of drug-likeness (QED) is 0.850. The van der Waals surface area contributed by atoms with E-state index in [0.29, 0.717) is 5.91 Å². The smallest absolute Gasteiger partial charge is 0.229 e. The van der Waals surface area contributed by atoms with Crippen LogP contribution >= 0.6 is 0 Å². The molecule has 0 aromatic heterocycles. The molecular weight excluding hydrogens is 284 g/mol. The van der Waals surface area contributed by atoms with Gasteiger partial charge in [-0.05, 0) is 48.2 Å². The Bertz CT molecular complexity index is 741. The monoisotopic (exact) mass is 308 g/mol. The normalized spacial score (nSPS) is 25.6. The van der Waals surface area contributed by atoms with E-state index in [1.165, 1.54) is 16.3 Å². The molecule has 23 heavy (non-hydrogen) atoms. The molecule has 2 heterocycles. The molecule has 3 nitrogen and oxygen atoms in total. The highest BCUT2D eigenvalue weighted by molar-refractivity contribution is 5.84. The third kappa shape index (κ3) is 2.63. The first kappa shape index (κ1) is 14.7. The zero-order valence-electron chi connectivity index (χ0n) is 13.8. The van der Waals surface area contributed by atoms with E-state index < -0.39 is 0 Å². The van der Waals surface area contributed by atoms with E-state index in [9.17, 15) is 4.79 Å². The van der Waals surface area contributed by atoms with Crippen molar-refractivity contribution in [1.82, 2.24) is 9.80 Å². The summed E-state index contributed by atoms with van der Waals surface area (Å²) in [6.45, 7) is 3.82. The number of piperidine rings is 1. The Morgan fingerprint density at radius 3 is 2.74 bits per heavy atom. The molecule has 1 amide bonds. The Morgan fingerprint density at radius 1 is 1.04 bits per heavy atom. The van der Waals surface area contributed by atoms with Crippen LogP contribution in [0.25, 0.3) is 10.8 Å². The van der Waals surface area contributed by atoms with Crippen LogP contribution in [0, 0.1) is 5.41 Å². The van der Waals surface area contributed by atoms with E-state index in [1.807, 2.05) is 11.9 Å². The molecule has 0 N–H and O–H groups in total. The van der Waals surface area contributed by atoms with Crippen LogP contribution < -0.4 is 0 Å². The van der Waals surface area contributed by atoms with Crippen molar-refractivity contribution >= 4 is 16.7 Å². The summed E-state index contributed by atoms with van der Waals surface area (Å²) >= 11 is 0. The Hall–Kier alpha value is -1.87. The lowest BCUT2D eigenvalue weighted by Crippen LogP contribution is -2.48. The lowest BCUT2D eigenvalue weighted by molar-refractivity contribution is -0.143. The zero-order chi connectivity index (χ0) is 15.9.